The van der Waals surface area contributed by atoms with E-state index in [1.165, 1.54) is 25.7 Å². The molecule has 0 N–H and O–H groups in total. The highest BCUT2D eigenvalue weighted by molar-refractivity contribution is 8.00. The van der Waals surface area contributed by atoms with Crippen LogP contribution < -0.4 is 0 Å². The largest absolute Gasteiger partial charge is 0.370 e. The van der Waals surface area contributed by atoms with Crippen molar-refractivity contribution in [1.29, 1.82) is 0 Å². The van der Waals surface area contributed by atoms with Crippen molar-refractivity contribution in [2.45, 2.75) is 41.8 Å². The molecular weight excluding hydrogens is 144 g/mol. The first-order valence-electron chi connectivity index (χ1n) is 4.16. The highest BCUT2D eigenvalue weighted by Crippen LogP contribution is 2.53. The topological polar surface area (TPSA) is 12.5 Å². The van der Waals surface area contributed by atoms with Crippen molar-refractivity contribution in [3.05, 3.63) is 0 Å². The van der Waals surface area contributed by atoms with Gasteiger partial charge in [0.1, 0.15) is 0 Å². The third-order valence-electron chi connectivity index (χ3n) is 2.95. The van der Waals surface area contributed by atoms with Gasteiger partial charge in [0.05, 0.1) is 12.2 Å². The number of rotatable bonds is 0. The third-order valence-corrected chi connectivity index (χ3v) is 4.52. The summed E-state index contributed by atoms with van der Waals surface area (Å²) in [6.07, 6.45) is 5.63. The van der Waals surface area contributed by atoms with Crippen LogP contribution in [0.2, 0.25) is 0 Å². The van der Waals surface area contributed by atoms with Gasteiger partial charge in [0, 0.05) is 10.5 Å². The lowest BCUT2D eigenvalue weighted by atomic mass is 10.0. The van der Waals surface area contributed by atoms with E-state index >= 15 is 0 Å². The average Bonchev–Trinajstić information content (AvgIpc) is 2.56. The van der Waals surface area contributed by atoms with Crippen molar-refractivity contribution in [2.75, 3.05) is 6.61 Å². The molecule has 56 valence electrons. The molecule has 3 atom stereocenters. The van der Waals surface area contributed by atoms with E-state index in [-0.39, 0.29) is 0 Å². The Labute approximate surface area is 65.5 Å². The number of hydrogen-bond acceptors (Lipinski definition) is 2. The van der Waals surface area contributed by atoms with Crippen LogP contribution >= 0.6 is 11.8 Å². The number of fused-ring (bicyclic) bond motifs is 2. The Morgan fingerprint density at radius 2 is 1.80 bits per heavy atom. The molecule has 1 spiro atoms. The zero-order valence-corrected chi connectivity index (χ0v) is 6.82. The SMILES string of the molecule is C1C[C@H]2C[C@]3(CO3)C[C@@H]1S2. The first kappa shape index (κ1) is 5.90. The molecule has 3 rings (SSSR count). The van der Waals surface area contributed by atoms with Gasteiger partial charge in [-0.3, -0.25) is 0 Å². The van der Waals surface area contributed by atoms with Crippen molar-refractivity contribution in [3.8, 4) is 0 Å². The average molecular weight is 156 g/mol. The van der Waals surface area contributed by atoms with Crippen molar-refractivity contribution < 1.29 is 4.74 Å². The van der Waals surface area contributed by atoms with Crippen LogP contribution in [0.4, 0.5) is 0 Å². The lowest BCUT2D eigenvalue weighted by Crippen LogP contribution is -2.24. The standard InChI is InChI=1S/C8H12OS/c1-2-7-4-8(5-9-8)3-6(1)10-7/h6-7H,1-5H2/t6-,7+,8+. The molecule has 3 heterocycles. The fourth-order valence-corrected chi connectivity index (χ4v) is 4.22. The van der Waals surface area contributed by atoms with Crippen molar-refractivity contribution in [1.82, 2.24) is 0 Å². The normalized spacial score (nSPS) is 57.6. The highest BCUT2D eigenvalue weighted by atomic mass is 32.2. The van der Waals surface area contributed by atoms with E-state index in [9.17, 15) is 0 Å². The number of epoxide rings is 1. The summed E-state index contributed by atoms with van der Waals surface area (Å²) in [7, 11) is 0. The van der Waals surface area contributed by atoms with Crippen molar-refractivity contribution >= 4 is 11.8 Å². The molecule has 3 saturated heterocycles. The molecule has 2 bridgehead atoms. The van der Waals surface area contributed by atoms with E-state index in [1.807, 2.05) is 0 Å². The van der Waals surface area contributed by atoms with Crippen molar-refractivity contribution in [2.24, 2.45) is 0 Å². The Bertz CT molecular complexity index is 151. The maximum absolute atomic E-state index is 5.50. The second-order valence-electron chi connectivity index (χ2n) is 3.84. The van der Waals surface area contributed by atoms with E-state index in [0.29, 0.717) is 5.60 Å². The molecule has 0 aromatic rings. The summed E-state index contributed by atoms with van der Waals surface area (Å²) in [6, 6.07) is 0. The van der Waals surface area contributed by atoms with E-state index in [4.69, 9.17) is 4.74 Å². The van der Waals surface area contributed by atoms with Gasteiger partial charge >= 0.3 is 0 Å². The molecule has 1 nitrogen and oxygen atoms in total. The molecule has 3 aliphatic rings. The summed E-state index contributed by atoms with van der Waals surface area (Å²) < 4.78 is 5.50. The Kier molecular flexibility index (Phi) is 1.02. The van der Waals surface area contributed by atoms with E-state index < -0.39 is 0 Å². The van der Waals surface area contributed by atoms with Gasteiger partial charge < -0.3 is 4.74 Å². The minimum absolute atomic E-state index is 0.414. The minimum Gasteiger partial charge on any atom is -0.370 e. The van der Waals surface area contributed by atoms with Crippen LogP contribution in [-0.4, -0.2) is 22.7 Å². The summed E-state index contributed by atoms with van der Waals surface area (Å²) in [5.41, 5.74) is 0.414. The molecule has 0 aromatic carbocycles. The molecule has 0 aliphatic carbocycles. The Morgan fingerprint density at radius 3 is 2.30 bits per heavy atom. The molecule has 0 saturated carbocycles. The fraction of sp³-hybridized carbons (Fsp3) is 1.00. The summed E-state index contributed by atoms with van der Waals surface area (Å²) in [6.45, 7) is 1.07. The number of hydrogen-bond donors (Lipinski definition) is 0. The Morgan fingerprint density at radius 1 is 1.20 bits per heavy atom. The molecule has 3 aliphatic heterocycles. The second kappa shape index (κ2) is 1.72. The fourth-order valence-electron chi connectivity index (χ4n) is 2.33. The summed E-state index contributed by atoms with van der Waals surface area (Å²) >= 11 is 2.21. The van der Waals surface area contributed by atoms with Crippen LogP contribution in [0, 0.1) is 0 Å². The Hall–Kier alpha value is 0.310. The molecule has 0 aromatic heterocycles. The number of thioether (sulfide) groups is 1. The second-order valence-corrected chi connectivity index (χ2v) is 5.44. The first-order valence-corrected chi connectivity index (χ1v) is 5.10. The minimum atomic E-state index is 0.414. The van der Waals surface area contributed by atoms with Gasteiger partial charge in [0.2, 0.25) is 0 Å². The maximum Gasteiger partial charge on any atom is 0.0937 e. The predicted octanol–water partition coefficient (Wildman–Crippen LogP) is 1.81. The molecule has 3 fully saturated rings. The van der Waals surface area contributed by atoms with Gasteiger partial charge in [-0.2, -0.15) is 11.8 Å². The molecule has 0 radical (unpaired) electrons. The lowest BCUT2D eigenvalue weighted by Gasteiger charge is -2.23. The molecule has 10 heavy (non-hydrogen) atoms. The highest BCUT2D eigenvalue weighted by Gasteiger charge is 2.53. The van der Waals surface area contributed by atoms with Crippen molar-refractivity contribution in [3.63, 3.8) is 0 Å². The monoisotopic (exact) mass is 156 g/mol. The van der Waals surface area contributed by atoms with E-state index in [0.717, 1.165) is 17.1 Å². The van der Waals surface area contributed by atoms with Crippen LogP contribution in [0.25, 0.3) is 0 Å². The van der Waals surface area contributed by atoms with Crippen LogP contribution in [0.5, 0.6) is 0 Å². The molecular formula is C8H12OS. The van der Waals surface area contributed by atoms with Gasteiger partial charge in [-0.1, -0.05) is 0 Å². The van der Waals surface area contributed by atoms with E-state index in [1.54, 1.807) is 0 Å². The molecule has 0 amide bonds. The van der Waals surface area contributed by atoms with Crippen LogP contribution in [0.1, 0.15) is 25.7 Å². The number of ether oxygens (including phenoxy) is 1. The van der Waals surface area contributed by atoms with Crippen LogP contribution in [-0.2, 0) is 4.74 Å². The van der Waals surface area contributed by atoms with Crippen LogP contribution in [0.3, 0.4) is 0 Å². The summed E-state index contributed by atoms with van der Waals surface area (Å²) in [5.74, 6) is 0. The summed E-state index contributed by atoms with van der Waals surface area (Å²) in [5, 5.41) is 1.92. The Balaban J connectivity index is 1.84. The first-order chi connectivity index (χ1) is 4.86. The van der Waals surface area contributed by atoms with E-state index in [2.05, 4.69) is 11.8 Å². The zero-order valence-electron chi connectivity index (χ0n) is 6.01. The maximum atomic E-state index is 5.50. The molecule has 2 heteroatoms. The van der Waals surface area contributed by atoms with Crippen LogP contribution in [0.15, 0.2) is 0 Å². The smallest absolute Gasteiger partial charge is 0.0937 e. The van der Waals surface area contributed by atoms with Gasteiger partial charge in [-0.15, -0.1) is 0 Å². The molecule has 0 unspecified atom stereocenters. The zero-order chi connectivity index (χ0) is 6.60. The van der Waals surface area contributed by atoms with Gasteiger partial charge in [0.25, 0.3) is 0 Å². The van der Waals surface area contributed by atoms with Gasteiger partial charge in [0.15, 0.2) is 0 Å². The van der Waals surface area contributed by atoms with Gasteiger partial charge in [-0.25, -0.2) is 0 Å². The third kappa shape index (κ3) is 0.751. The lowest BCUT2D eigenvalue weighted by molar-refractivity contribution is 0.275. The predicted molar refractivity (Wildman–Crippen MR) is 42.3 cm³/mol. The van der Waals surface area contributed by atoms with Gasteiger partial charge in [-0.05, 0) is 25.7 Å². The summed E-state index contributed by atoms with van der Waals surface area (Å²) in [4.78, 5) is 0. The quantitative estimate of drug-likeness (QED) is 0.496.